The minimum absolute atomic E-state index is 0.212. The Bertz CT molecular complexity index is 1030. The van der Waals surface area contributed by atoms with Crippen LogP contribution in [0.15, 0.2) is 67.3 Å². The van der Waals surface area contributed by atoms with E-state index in [1.54, 1.807) is 25.5 Å². The minimum atomic E-state index is -0.212. The molecule has 0 unspecified atom stereocenters. The van der Waals surface area contributed by atoms with Crippen LogP contribution in [0.2, 0.25) is 0 Å². The molecule has 0 saturated carbocycles. The highest BCUT2D eigenvalue weighted by atomic mass is 19.1. The number of aromatic nitrogens is 3. The molecule has 2 heterocycles. The molecule has 0 bridgehead atoms. The molecule has 0 spiro atoms. The molecule has 2 aromatic heterocycles. The van der Waals surface area contributed by atoms with E-state index in [1.807, 2.05) is 42.6 Å². The van der Waals surface area contributed by atoms with Gasteiger partial charge in [0, 0.05) is 28.9 Å². The first-order chi connectivity index (χ1) is 11.7. The molecule has 0 aliphatic rings. The molecule has 0 atom stereocenters. The third-order valence-corrected chi connectivity index (χ3v) is 4.06. The maximum absolute atomic E-state index is 13.5. The summed E-state index contributed by atoms with van der Waals surface area (Å²) in [7, 11) is 0. The maximum atomic E-state index is 13.5. The van der Waals surface area contributed by atoms with Crippen molar-refractivity contribution in [2.75, 3.05) is 0 Å². The van der Waals surface area contributed by atoms with E-state index in [-0.39, 0.29) is 5.82 Å². The lowest BCUT2D eigenvalue weighted by Gasteiger charge is -2.08. The van der Waals surface area contributed by atoms with Crippen molar-refractivity contribution in [1.82, 2.24) is 15.0 Å². The third-order valence-electron chi connectivity index (χ3n) is 4.06. The average Bonchev–Trinajstić information content (AvgIpc) is 2.64. The number of rotatable bonds is 2. The van der Waals surface area contributed by atoms with Gasteiger partial charge in [0.05, 0.1) is 11.2 Å². The van der Waals surface area contributed by atoms with E-state index in [2.05, 4.69) is 15.0 Å². The normalized spacial score (nSPS) is 10.9. The van der Waals surface area contributed by atoms with Gasteiger partial charge in [-0.1, -0.05) is 12.1 Å². The van der Waals surface area contributed by atoms with Crippen molar-refractivity contribution >= 4 is 10.9 Å². The first kappa shape index (κ1) is 14.5. The highest BCUT2D eigenvalue weighted by molar-refractivity contribution is 5.94. The predicted octanol–water partition coefficient (Wildman–Crippen LogP) is 4.81. The van der Waals surface area contributed by atoms with Crippen LogP contribution < -0.4 is 0 Å². The van der Waals surface area contributed by atoms with Crippen molar-refractivity contribution in [1.29, 1.82) is 0 Å². The summed E-state index contributed by atoms with van der Waals surface area (Å²) in [6.07, 6.45) is 5.12. The van der Waals surface area contributed by atoms with E-state index < -0.39 is 0 Å². The van der Waals surface area contributed by atoms with E-state index in [0.29, 0.717) is 5.56 Å². The van der Waals surface area contributed by atoms with Gasteiger partial charge in [-0.25, -0.2) is 14.4 Å². The van der Waals surface area contributed by atoms with Gasteiger partial charge in [-0.05, 0) is 54.4 Å². The first-order valence-electron chi connectivity index (χ1n) is 7.64. The number of benzene rings is 2. The van der Waals surface area contributed by atoms with Crippen molar-refractivity contribution in [3.8, 4) is 22.4 Å². The summed E-state index contributed by atoms with van der Waals surface area (Å²) in [6.45, 7) is 1.75. The highest BCUT2D eigenvalue weighted by Crippen LogP contribution is 2.29. The maximum Gasteiger partial charge on any atom is 0.126 e. The molecule has 116 valence electrons. The fourth-order valence-electron chi connectivity index (χ4n) is 2.79. The monoisotopic (exact) mass is 315 g/mol. The Labute approximate surface area is 138 Å². The molecule has 0 fully saturated rings. The predicted molar refractivity (Wildman–Crippen MR) is 92.9 cm³/mol. The summed E-state index contributed by atoms with van der Waals surface area (Å²) in [5, 5.41) is 0.941. The number of fused-ring (bicyclic) bond motifs is 1. The number of aryl methyl sites for hydroxylation is 1. The fourth-order valence-corrected chi connectivity index (χ4v) is 2.79. The summed E-state index contributed by atoms with van der Waals surface area (Å²) in [5.41, 5.74) is 5.23. The minimum Gasteiger partial charge on any atom is -0.264 e. The van der Waals surface area contributed by atoms with E-state index in [0.717, 1.165) is 33.3 Å². The molecule has 0 N–H and O–H groups in total. The van der Waals surface area contributed by atoms with Crippen LogP contribution in [0, 0.1) is 12.7 Å². The van der Waals surface area contributed by atoms with E-state index >= 15 is 0 Å². The van der Waals surface area contributed by atoms with Gasteiger partial charge in [-0.2, -0.15) is 0 Å². The second kappa shape index (κ2) is 5.81. The molecule has 24 heavy (non-hydrogen) atoms. The molecule has 0 aliphatic heterocycles. The molecule has 3 nitrogen and oxygen atoms in total. The lowest BCUT2D eigenvalue weighted by Crippen LogP contribution is -1.91. The summed E-state index contributed by atoms with van der Waals surface area (Å²) in [6, 6.07) is 15.0. The zero-order valence-corrected chi connectivity index (χ0v) is 13.1. The van der Waals surface area contributed by atoms with Crippen LogP contribution in [-0.2, 0) is 0 Å². The number of pyridine rings is 1. The van der Waals surface area contributed by atoms with E-state index in [1.165, 1.54) is 6.07 Å². The topological polar surface area (TPSA) is 38.7 Å². The quantitative estimate of drug-likeness (QED) is 0.533. The standard InChI is InChI=1S/C20H14FN3/c1-13-9-15(5-7-18(13)21)20-17-6-4-14(10-19(17)23-12-24-20)16-3-2-8-22-11-16/h2-12H,1H3. The largest absolute Gasteiger partial charge is 0.264 e. The van der Waals surface area contributed by atoms with Crippen molar-refractivity contribution in [2.24, 2.45) is 0 Å². The molecule has 0 radical (unpaired) electrons. The lowest BCUT2D eigenvalue weighted by molar-refractivity contribution is 0.619. The van der Waals surface area contributed by atoms with Crippen LogP contribution in [0.5, 0.6) is 0 Å². The van der Waals surface area contributed by atoms with Crippen LogP contribution in [-0.4, -0.2) is 15.0 Å². The molecular weight excluding hydrogens is 301 g/mol. The first-order valence-corrected chi connectivity index (χ1v) is 7.64. The third kappa shape index (κ3) is 2.52. The molecule has 4 rings (SSSR count). The van der Waals surface area contributed by atoms with Crippen molar-refractivity contribution in [2.45, 2.75) is 6.92 Å². The van der Waals surface area contributed by atoms with Gasteiger partial charge in [0.2, 0.25) is 0 Å². The van der Waals surface area contributed by atoms with Crippen LogP contribution in [0.3, 0.4) is 0 Å². The molecular formula is C20H14FN3. The fraction of sp³-hybridized carbons (Fsp3) is 0.0500. The smallest absolute Gasteiger partial charge is 0.126 e. The summed E-state index contributed by atoms with van der Waals surface area (Å²) in [4.78, 5) is 12.9. The Hall–Kier alpha value is -3.14. The van der Waals surface area contributed by atoms with Crippen molar-refractivity contribution in [3.63, 3.8) is 0 Å². The van der Waals surface area contributed by atoms with Crippen LogP contribution in [0.4, 0.5) is 4.39 Å². The zero-order valence-electron chi connectivity index (χ0n) is 13.1. The Morgan fingerprint density at radius 2 is 1.75 bits per heavy atom. The van der Waals surface area contributed by atoms with E-state index in [9.17, 15) is 4.39 Å². The molecule has 2 aromatic carbocycles. The summed E-state index contributed by atoms with van der Waals surface area (Å²) in [5.74, 6) is -0.212. The van der Waals surface area contributed by atoms with Crippen LogP contribution in [0.25, 0.3) is 33.3 Å². The number of hydrogen-bond acceptors (Lipinski definition) is 3. The second-order valence-corrected chi connectivity index (χ2v) is 5.66. The van der Waals surface area contributed by atoms with Crippen molar-refractivity contribution < 1.29 is 4.39 Å². The van der Waals surface area contributed by atoms with Gasteiger partial charge in [0.15, 0.2) is 0 Å². The SMILES string of the molecule is Cc1cc(-c2ncnc3cc(-c4cccnc4)ccc23)ccc1F. The lowest BCUT2D eigenvalue weighted by atomic mass is 10.0. The average molecular weight is 315 g/mol. The van der Waals surface area contributed by atoms with Gasteiger partial charge in [0.1, 0.15) is 12.1 Å². The van der Waals surface area contributed by atoms with E-state index in [4.69, 9.17) is 0 Å². The van der Waals surface area contributed by atoms with Gasteiger partial charge in [0.25, 0.3) is 0 Å². The Morgan fingerprint density at radius 1 is 0.875 bits per heavy atom. The Morgan fingerprint density at radius 3 is 2.54 bits per heavy atom. The van der Waals surface area contributed by atoms with Crippen molar-refractivity contribution in [3.05, 3.63) is 78.6 Å². The van der Waals surface area contributed by atoms with Gasteiger partial charge in [-0.3, -0.25) is 4.98 Å². The van der Waals surface area contributed by atoms with Gasteiger partial charge >= 0.3 is 0 Å². The molecule has 0 saturated heterocycles. The Kier molecular flexibility index (Phi) is 3.50. The second-order valence-electron chi connectivity index (χ2n) is 5.66. The summed E-state index contributed by atoms with van der Waals surface area (Å²) < 4.78 is 13.5. The number of nitrogens with zero attached hydrogens (tertiary/aromatic N) is 3. The molecule has 4 heteroatoms. The zero-order chi connectivity index (χ0) is 16.5. The highest BCUT2D eigenvalue weighted by Gasteiger charge is 2.09. The molecule has 4 aromatic rings. The Balaban J connectivity index is 1.88. The van der Waals surface area contributed by atoms with Crippen LogP contribution >= 0.6 is 0 Å². The molecule has 0 aliphatic carbocycles. The van der Waals surface area contributed by atoms with Gasteiger partial charge < -0.3 is 0 Å². The van der Waals surface area contributed by atoms with Crippen LogP contribution in [0.1, 0.15) is 5.56 Å². The van der Waals surface area contributed by atoms with Gasteiger partial charge in [-0.15, -0.1) is 0 Å². The number of halogens is 1. The molecule has 0 amide bonds. The number of hydrogen-bond donors (Lipinski definition) is 0. The summed E-state index contributed by atoms with van der Waals surface area (Å²) >= 11 is 0.